The SMILES string of the molecule is NCc1cc(I)c(C(F)(F)F)cc1[N+](=O)[O-]. The Labute approximate surface area is 102 Å². The van der Waals surface area contributed by atoms with E-state index < -0.39 is 22.4 Å². The molecule has 88 valence electrons. The molecule has 0 spiro atoms. The van der Waals surface area contributed by atoms with Crippen molar-refractivity contribution < 1.29 is 18.1 Å². The number of hydrogen-bond acceptors (Lipinski definition) is 3. The average Bonchev–Trinajstić information content (AvgIpc) is 2.14. The Hall–Kier alpha value is -0.900. The van der Waals surface area contributed by atoms with E-state index in [1.54, 1.807) is 0 Å². The lowest BCUT2D eigenvalue weighted by Gasteiger charge is -2.10. The van der Waals surface area contributed by atoms with Gasteiger partial charge in [-0.2, -0.15) is 13.2 Å². The first-order valence-electron chi connectivity index (χ1n) is 4.01. The Morgan fingerprint density at radius 3 is 2.38 bits per heavy atom. The fourth-order valence-electron chi connectivity index (χ4n) is 1.15. The van der Waals surface area contributed by atoms with Crippen molar-refractivity contribution in [1.29, 1.82) is 0 Å². The van der Waals surface area contributed by atoms with Crippen molar-refractivity contribution >= 4 is 28.3 Å². The van der Waals surface area contributed by atoms with E-state index in [9.17, 15) is 23.3 Å². The second kappa shape index (κ2) is 4.53. The van der Waals surface area contributed by atoms with E-state index in [-0.39, 0.29) is 15.7 Å². The van der Waals surface area contributed by atoms with Crippen LogP contribution in [-0.4, -0.2) is 4.92 Å². The molecule has 0 aliphatic heterocycles. The second-order valence-electron chi connectivity index (χ2n) is 2.92. The van der Waals surface area contributed by atoms with Gasteiger partial charge >= 0.3 is 6.18 Å². The highest BCUT2D eigenvalue weighted by molar-refractivity contribution is 14.1. The van der Waals surface area contributed by atoms with Crippen LogP contribution in [0.4, 0.5) is 18.9 Å². The number of halogens is 4. The summed E-state index contributed by atoms with van der Waals surface area (Å²) in [5.74, 6) is 0. The van der Waals surface area contributed by atoms with Gasteiger partial charge in [-0.3, -0.25) is 10.1 Å². The van der Waals surface area contributed by atoms with Crippen LogP contribution in [0.2, 0.25) is 0 Å². The van der Waals surface area contributed by atoms with E-state index in [4.69, 9.17) is 5.73 Å². The fraction of sp³-hybridized carbons (Fsp3) is 0.250. The molecule has 4 nitrogen and oxygen atoms in total. The third-order valence-electron chi connectivity index (χ3n) is 1.89. The molecular weight excluding hydrogens is 340 g/mol. The second-order valence-corrected chi connectivity index (χ2v) is 4.08. The van der Waals surface area contributed by atoms with Crippen molar-refractivity contribution in [2.24, 2.45) is 5.73 Å². The summed E-state index contributed by atoms with van der Waals surface area (Å²) in [7, 11) is 0. The highest BCUT2D eigenvalue weighted by Gasteiger charge is 2.35. The lowest BCUT2D eigenvalue weighted by Crippen LogP contribution is -2.11. The molecule has 0 bridgehead atoms. The largest absolute Gasteiger partial charge is 0.417 e. The highest BCUT2D eigenvalue weighted by atomic mass is 127. The summed E-state index contributed by atoms with van der Waals surface area (Å²) in [5, 5.41) is 10.6. The molecule has 0 aliphatic carbocycles. The standard InChI is InChI=1S/C8H6F3IN2O2/c9-8(10,11)5-2-7(14(15)16)4(3-13)1-6(5)12/h1-2H,3,13H2. The van der Waals surface area contributed by atoms with Gasteiger partial charge in [-0.1, -0.05) is 0 Å². The zero-order valence-corrected chi connectivity index (χ0v) is 9.87. The lowest BCUT2D eigenvalue weighted by atomic mass is 10.1. The van der Waals surface area contributed by atoms with Gasteiger partial charge in [0.15, 0.2) is 0 Å². The third-order valence-corrected chi connectivity index (χ3v) is 2.78. The maximum atomic E-state index is 12.5. The van der Waals surface area contributed by atoms with Gasteiger partial charge in [-0.15, -0.1) is 0 Å². The molecule has 1 aromatic rings. The van der Waals surface area contributed by atoms with Crippen molar-refractivity contribution in [2.45, 2.75) is 12.7 Å². The minimum absolute atomic E-state index is 0.0856. The lowest BCUT2D eigenvalue weighted by molar-refractivity contribution is -0.385. The molecule has 16 heavy (non-hydrogen) atoms. The van der Waals surface area contributed by atoms with Crippen LogP contribution in [0.5, 0.6) is 0 Å². The van der Waals surface area contributed by atoms with E-state index >= 15 is 0 Å². The van der Waals surface area contributed by atoms with E-state index in [0.717, 1.165) is 6.07 Å². The topological polar surface area (TPSA) is 69.2 Å². The normalized spacial score (nSPS) is 11.6. The Kier molecular flexibility index (Phi) is 3.73. The maximum Gasteiger partial charge on any atom is 0.417 e. The summed E-state index contributed by atoms with van der Waals surface area (Å²) in [6, 6.07) is 1.60. The molecule has 0 amide bonds. The van der Waals surface area contributed by atoms with Gasteiger partial charge in [0.1, 0.15) is 0 Å². The van der Waals surface area contributed by atoms with Gasteiger partial charge in [0.2, 0.25) is 0 Å². The zero-order valence-electron chi connectivity index (χ0n) is 7.71. The monoisotopic (exact) mass is 346 g/mol. The average molecular weight is 346 g/mol. The molecule has 0 aliphatic rings. The van der Waals surface area contributed by atoms with Crippen LogP contribution in [0.1, 0.15) is 11.1 Å². The van der Waals surface area contributed by atoms with E-state index in [1.807, 2.05) is 0 Å². The summed E-state index contributed by atoms with van der Waals surface area (Å²) in [4.78, 5) is 9.68. The van der Waals surface area contributed by atoms with Crippen molar-refractivity contribution in [1.82, 2.24) is 0 Å². The number of alkyl halides is 3. The summed E-state index contributed by atoms with van der Waals surface area (Å²) in [5.41, 5.74) is 3.69. The quantitative estimate of drug-likeness (QED) is 0.509. The van der Waals surface area contributed by atoms with Crippen molar-refractivity contribution in [3.63, 3.8) is 0 Å². The molecule has 0 saturated carbocycles. The molecule has 0 heterocycles. The van der Waals surface area contributed by atoms with Crippen LogP contribution in [-0.2, 0) is 12.7 Å². The van der Waals surface area contributed by atoms with Crippen molar-refractivity contribution in [3.8, 4) is 0 Å². The smallest absolute Gasteiger partial charge is 0.326 e. The predicted molar refractivity (Wildman–Crippen MR) is 58.7 cm³/mol. The number of nitrogens with two attached hydrogens (primary N) is 1. The first-order valence-corrected chi connectivity index (χ1v) is 5.09. The van der Waals surface area contributed by atoms with Crippen LogP contribution in [0.15, 0.2) is 12.1 Å². The van der Waals surface area contributed by atoms with Gasteiger partial charge in [-0.05, 0) is 28.7 Å². The van der Waals surface area contributed by atoms with Gasteiger partial charge in [-0.25, -0.2) is 0 Å². The summed E-state index contributed by atoms with van der Waals surface area (Å²) in [6.45, 7) is -0.176. The first-order chi connectivity index (χ1) is 7.27. The number of nitrogens with zero attached hydrogens (tertiary/aromatic N) is 1. The Morgan fingerprint density at radius 1 is 1.44 bits per heavy atom. The highest BCUT2D eigenvalue weighted by Crippen LogP contribution is 2.36. The summed E-state index contributed by atoms with van der Waals surface area (Å²) >= 11 is 1.48. The van der Waals surface area contributed by atoms with Gasteiger partial charge < -0.3 is 5.73 Å². The Morgan fingerprint density at radius 2 is 2.00 bits per heavy atom. The molecule has 0 atom stereocenters. The zero-order chi connectivity index (χ0) is 12.5. The number of nitro groups is 1. The summed E-state index contributed by atoms with van der Waals surface area (Å²) in [6.07, 6.45) is -4.60. The van der Waals surface area contributed by atoms with Gasteiger partial charge in [0, 0.05) is 21.7 Å². The van der Waals surface area contributed by atoms with Gasteiger partial charge in [0.05, 0.1) is 10.5 Å². The van der Waals surface area contributed by atoms with E-state index in [2.05, 4.69) is 0 Å². The number of rotatable bonds is 2. The number of hydrogen-bond donors (Lipinski definition) is 1. The maximum absolute atomic E-state index is 12.5. The molecule has 1 rings (SSSR count). The molecule has 0 radical (unpaired) electrons. The molecule has 0 unspecified atom stereocenters. The predicted octanol–water partition coefficient (Wildman–Crippen LogP) is 2.68. The molecule has 1 aromatic carbocycles. The first kappa shape index (κ1) is 13.2. The molecular formula is C8H6F3IN2O2. The Bertz CT molecular complexity index is 434. The minimum Gasteiger partial charge on any atom is -0.326 e. The molecule has 8 heteroatoms. The Balaban J connectivity index is 3.45. The molecule has 0 fully saturated rings. The molecule has 0 saturated heterocycles. The van der Waals surface area contributed by atoms with Crippen LogP contribution in [0, 0.1) is 13.7 Å². The van der Waals surface area contributed by atoms with Crippen molar-refractivity contribution in [3.05, 3.63) is 36.9 Å². The fourth-order valence-corrected chi connectivity index (χ4v) is 1.99. The van der Waals surface area contributed by atoms with Crippen LogP contribution in [0.25, 0.3) is 0 Å². The minimum atomic E-state index is -4.60. The number of benzene rings is 1. The molecule has 0 aromatic heterocycles. The van der Waals surface area contributed by atoms with E-state index in [0.29, 0.717) is 6.07 Å². The van der Waals surface area contributed by atoms with Crippen LogP contribution >= 0.6 is 22.6 Å². The third kappa shape index (κ3) is 2.61. The van der Waals surface area contributed by atoms with Crippen molar-refractivity contribution in [2.75, 3.05) is 0 Å². The molecule has 2 N–H and O–H groups in total. The number of nitro benzene ring substituents is 1. The summed E-state index contributed by atoms with van der Waals surface area (Å²) < 4.78 is 37.3. The van der Waals surface area contributed by atoms with Crippen LogP contribution < -0.4 is 5.73 Å². The van der Waals surface area contributed by atoms with Crippen LogP contribution in [0.3, 0.4) is 0 Å². The van der Waals surface area contributed by atoms with E-state index in [1.165, 1.54) is 22.6 Å². The van der Waals surface area contributed by atoms with Gasteiger partial charge in [0.25, 0.3) is 5.69 Å².